The van der Waals surface area contributed by atoms with Gasteiger partial charge in [-0.05, 0) is 54.9 Å². The Labute approximate surface area is 134 Å². The first-order valence-electron chi connectivity index (χ1n) is 7.81. The van der Waals surface area contributed by atoms with Crippen LogP contribution in [-0.4, -0.2) is 13.7 Å². The highest BCUT2D eigenvalue weighted by molar-refractivity contribution is 7.93. The summed E-state index contributed by atoms with van der Waals surface area (Å²) in [7, 11) is -3.55. The lowest BCUT2D eigenvalue weighted by molar-refractivity contribution is -0.137. The largest absolute Gasteiger partial charge is 0.416 e. The van der Waals surface area contributed by atoms with Crippen LogP contribution in [0.25, 0.3) is 0 Å². The molecule has 0 aliphatic heterocycles. The quantitative estimate of drug-likeness (QED) is 0.880. The number of hydrogen-bond donors (Lipinski definition) is 1. The van der Waals surface area contributed by atoms with Crippen molar-refractivity contribution in [3.05, 3.63) is 29.8 Å². The number of benzene rings is 1. The van der Waals surface area contributed by atoms with E-state index in [0.717, 1.165) is 37.8 Å². The maximum absolute atomic E-state index is 12.5. The van der Waals surface area contributed by atoms with Crippen molar-refractivity contribution in [2.75, 3.05) is 4.72 Å². The van der Waals surface area contributed by atoms with Crippen LogP contribution in [0.5, 0.6) is 0 Å². The van der Waals surface area contributed by atoms with E-state index < -0.39 is 27.0 Å². The second-order valence-electron chi connectivity index (χ2n) is 6.96. The first-order chi connectivity index (χ1) is 10.6. The lowest BCUT2D eigenvalue weighted by Gasteiger charge is -2.27. The molecule has 0 saturated heterocycles. The van der Waals surface area contributed by atoms with E-state index >= 15 is 0 Å². The van der Waals surface area contributed by atoms with E-state index in [1.807, 2.05) is 0 Å². The van der Waals surface area contributed by atoms with Crippen molar-refractivity contribution >= 4 is 15.7 Å². The molecule has 2 aliphatic rings. The molecule has 1 aromatic rings. The van der Waals surface area contributed by atoms with Crippen LogP contribution in [0, 0.1) is 11.3 Å². The Morgan fingerprint density at radius 3 is 2.22 bits per heavy atom. The van der Waals surface area contributed by atoms with E-state index in [-0.39, 0.29) is 11.1 Å². The zero-order chi connectivity index (χ0) is 16.9. The van der Waals surface area contributed by atoms with Crippen molar-refractivity contribution in [2.45, 2.75) is 50.5 Å². The zero-order valence-electron chi connectivity index (χ0n) is 12.9. The normalized spacial score (nSPS) is 31.1. The Kier molecular flexibility index (Phi) is 3.90. The number of alkyl halides is 3. The Bertz CT molecular complexity index is 674. The fourth-order valence-electron chi connectivity index (χ4n) is 3.57. The summed E-state index contributed by atoms with van der Waals surface area (Å²) in [5, 5.41) is -0.412. The van der Waals surface area contributed by atoms with E-state index in [9.17, 15) is 21.6 Å². The van der Waals surface area contributed by atoms with Crippen LogP contribution >= 0.6 is 0 Å². The molecule has 0 aromatic heterocycles. The third-order valence-electron chi connectivity index (χ3n) is 5.23. The van der Waals surface area contributed by atoms with Gasteiger partial charge in [-0.1, -0.05) is 19.8 Å². The van der Waals surface area contributed by atoms with Gasteiger partial charge in [0.25, 0.3) is 0 Å². The molecule has 2 fully saturated rings. The highest BCUT2D eigenvalue weighted by atomic mass is 32.2. The number of nitrogens with one attached hydrogen (secondary N) is 1. The Morgan fingerprint density at radius 2 is 1.70 bits per heavy atom. The summed E-state index contributed by atoms with van der Waals surface area (Å²) in [5.74, 6) is 0.646. The molecule has 2 aliphatic carbocycles. The molecule has 128 valence electrons. The summed E-state index contributed by atoms with van der Waals surface area (Å²) in [6.45, 7) is 2.18. The Morgan fingerprint density at radius 1 is 1.13 bits per heavy atom. The standard InChI is InChI=1S/C16H20F3NO2S/c1-11-6-8-15(9-7-11)10-14(15)23(21,22)20-13-4-2-12(3-5-13)16(17,18)19/h2-5,11,14,20H,6-10H2,1H3. The number of halogens is 3. The van der Waals surface area contributed by atoms with Crippen molar-refractivity contribution in [2.24, 2.45) is 11.3 Å². The van der Waals surface area contributed by atoms with Gasteiger partial charge in [-0.3, -0.25) is 4.72 Å². The van der Waals surface area contributed by atoms with E-state index in [2.05, 4.69) is 11.6 Å². The molecular formula is C16H20F3NO2S. The average Bonchev–Trinajstić information content (AvgIpc) is 3.17. The predicted octanol–water partition coefficient (Wildman–Crippen LogP) is 4.42. The van der Waals surface area contributed by atoms with E-state index in [1.54, 1.807) is 0 Å². The van der Waals surface area contributed by atoms with Crippen molar-refractivity contribution < 1.29 is 21.6 Å². The van der Waals surface area contributed by atoms with E-state index in [1.165, 1.54) is 12.1 Å². The van der Waals surface area contributed by atoms with Crippen molar-refractivity contribution in [1.82, 2.24) is 0 Å². The van der Waals surface area contributed by atoms with Crippen molar-refractivity contribution in [1.29, 1.82) is 0 Å². The summed E-state index contributed by atoms with van der Waals surface area (Å²) in [6.07, 6.45) is 0.185. The third kappa shape index (κ3) is 3.34. The molecule has 1 aromatic carbocycles. The summed E-state index contributed by atoms with van der Waals surface area (Å²) in [5.41, 5.74) is -0.710. The molecule has 2 saturated carbocycles. The van der Waals surface area contributed by atoms with Crippen molar-refractivity contribution in [3.8, 4) is 0 Å². The SMILES string of the molecule is CC1CCC2(CC1)CC2S(=O)(=O)Nc1ccc(C(F)(F)F)cc1. The molecule has 0 radical (unpaired) electrons. The number of anilines is 1. The van der Waals surface area contributed by atoms with Gasteiger partial charge in [0.2, 0.25) is 10.0 Å². The van der Waals surface area contributed by atoms with Gasteiger partial charge in [0.05, 0.1) is 10.8 Å². The second-order valence-corrected chi connectivity index (χ2v) is 8.82. The molecule has 1 N–H and O–H groups in total. The third-order valence-corrected chi connectivity index (χ3v) is 7.17. The highest BCUT2D eigenvalue weighted by Gasteiger charge is 2.61. The first kappa shape index (κ1) is 16.6. The number of hydrogen-bond acceptors (Lipinski definition) is 2. The molecule has 0 amide bonds. The Balaban J connectivity index is 1.68. The fraction of sp³-hybridized carbons (Fsp3) is 0.625. The summed E-state index contributed by atoms with van der Waals surface area (Å²) in [6, 6.07) is 4.11. The monoisotopic (exact) mass is 347 g/mol. The minimum Gasteiger partial charge on any atom is -0.283 e. The number of rotatable bonds is 3. The molecule has 23 heavy (non-hydrogen) atoms. The summed E-state index contributed by atoms with van der Waals surface area (Å²) < 4.78 is 65.0. The van der Waals surface area contributed by atoms with Crippen molar-refractivity contribution in [3.63, 3.8) is 0 Å². The van der Waals surface area contributed by atoms with E-state index in [0.29, 0.717) is 12.3 Å². The van der Waals surface area contributed by atoms with Gasteiger partial charge in [0, 0.05) is 5.69 Å². The highest BCUT2D eigenvalue weighted by Crippen LogP contribution is 2.60. The minimum atomic E-state index is -4.42. The molecular weight excluding hydrogens is 327 g/mol. The van der Waals surface area contributed by atoms with Gasteiger partial charge < -0.3 is 0 Å². The van der Waals surface area contributed by atoms with Gasteiger partial charge in [-0.15, -0.1) is 0 Å². The van der Waals surface area contributed by atoms with Crippen LogP contribution in [0.1, 0.15) is 44.6 Å². The van der Waals surface area contributed by atoms with Gasteiger partial charge in [-0.25, -0.2) is 8.42 Å². The minimum absolute atomic E-state index is 0.107. The van der Waals surface area contributed by atoms with Gasteiger partial charge in [0.15, 0.2) is 0 Å². The molecule has 0 heterocycles. The van der Waals surface area contributed by atoms with Gasteiger partial charge in [-0.2, -0.15) is 13.2 Å². The van der Waals surface area contributed by atoms with Crippen LogP contribution < -0.4 is 4.72 Å². The molecule has 1 atom stereocenters. The molecule has 3 nitrogen and oxygen atoms in total. The smallest absolute Gasteiger partial charge is 0.283 e. The molecule has 3 rings (SSSR count). The lowest BCUT2D eigenvalue weighted by atomic mass is 9.81. The zero-order valence-corrected chi connectivity index (χ0v) is 13.7. The average molecular weight is 347 g/mol. The van der Waals surface area contributed by atoms with Crippen LogP contribution in [0.2, 0.25) is 0 Å². The number of sulfonamides is 1. The van der Waals surface area contributed by atoms with Gasteiger partial charge >= 0.3 is 6.18 Å². The molecule has 0 bridgehead atoms. The van der Waals surface area contributed by atoms with Crippen LogP contribution in [0.15, 0.2) is 24.3 Å². The second kappa shape index (κ2) is 5.40. The molecule has 1 unspecified atom stereocenters. The topological polar surface area (TPSA) is 46.2 Å². The Hall–Kier alpha value is -1.24. The van der Waals surface area contributed by atoms with Crippen LogP contribution in [0.3, 0.4) is 0 Å². The van der Waals surface area contributed by atoms with E-state index in [4.69, 9.17) is 0 Å². The first-order valence-corrected chi connectivity index (χ1v) is 9.36. The predicted molar refractivity (Wildman–Crippen MR) is 82.5 cm³/mol. The van der Waals surface area contributed by atoms with Gasteiger partial charge in [0.1, 0.15) is 0 Å². The lowest BCUT2D eigenvalue weighted by Crippen LogP contribution is -2.25. The maximum atomic E-state index is 12.5. The van der Waals surface area contributed by atoms with Crippen LogP contribution in [-0.2, 0) is 16.2 Å². The summed E-state index contributed by atoms with van der Waals surface area (Å²) >= 11 is 0. The summed E-state index contributed by atoms with van der Waals surface area (Å²) in [4.78, 5) is 0. The van der Waals surface area contributed by atoms with Crippen LogP contribution in [0.4, 0.5) is 18.9 Å². The molecule has 7 heteroatoms. The fourth-order valence-corrected chi connectivity index (χ4v) is 5.63. The molecule has 1 spiro atoms. The maximum Gasteiger partial charge on any atom is 0.416 e.